The van der Waals surface area contributed by atoms with Crippen molar-refractivity contribution < 1.29 is 4.42 Å². The molecule has 3 heterocycles. The van der Waals surface area contributed by atoms with E-state index in [4.69, 9.17) is 9.40 Å². The number of nitrogens with zero attached hydrogens (tertiary/aromatic N) is 5. The lowest BCUT2D eigenvalue weighted by Gasteiger charge is -2.13. The first-order valence-corrected chi connectivity index (χ1v) is 12.6. The summed E-state index contributed by atoms with van der Waals surface area (Å²) in [4.78, 5) is 18.2. The quantitative estimate of drug-likeness (QED) is 0.278. The summed E-state index contributed by atoms with van der Waals surface area (Å²) in [5.41, 5.74) is 6.54. The monoisotopic (exact) mass is 493 g/mol. The van der Waals surface area contributed by atoms with E-state index in [1.807, 2.05) is 65.9 Å². The zero-order chi connectivity index (χ0) is 24.8. The van der Waals surface area contributed by atoms with Crippen LogP contribution in [0.25, 0.3) is 33.8 Å². The number of fused-ring (bicyclic) bond motifs is 3. The fourth-order valence-electron chi connectivity index (χ4n) is 4.49. The molecule has 0 atom stereocenters. The minimum absolute atomic E-state index is 0.119. The molecular formula is C28H23N5O2S. The van der Waals surface area contributed by atoms with E-state index < -0.39 is 0 Å². The number of para-hydroxylation sites is 2. The lowest BCUT2D eigenvalue weighted by molar-refractivity contribution is 0.573. The van der Waals surface area contributed by atoms with Crippen LogP contribution in [-0.4, -0.2) is 24.1 Å². The van der Waals surface area contributed by atoms with Gasteiger partial charge in [0.1, 0.15) is 6.26 Å². The summed E-state index contributed by atoms with van der Waals surface area (Å²) < 4.78 is 9.38. The van der Waals surface area contributed by atoms with Gasteiger partial charge >= 0.3 is 0 Å². The van der Waals surface area contributed by atoms with Crippen LogP contribution in [0.3, 0.4) is 0 Å². The highest BCUT2D eigenvalue weighted by Crippen LogP contribution is 2.28. The average molecular weight is 494 g/mol. The molecule has 178 valence electrons. The van der Waals surface area contributed by atoms with Crippen molar-refractivity contribution in [2.75, 3.05) is 0 Å². The van der Waals surface area contributed by atoms with E-state index in [0.29, 0.717) is 28.0 Å². The molecule has 3 aromatic carbocycles. The molecule has 0 aliphatic heterocycles. The number of rotatable bonds is 5. The largest absolute Gasteiger partial charge is 0.444 e. The summed E-state index contributed by atoms with van der Waals surface area (Å²) in [5, 5.41) is 10.2. The van der Waals surface area contributed by atoms with Gasteiger partial charge in [0.15, 0.2) is 5.16 Å². The first kappa shape index (κ1) is 22.3. The molecule has 0 fully saturated rings. The molecule has 6 rings (SSSR count). The third kappa shape index (κ3) is 3.70. The molecule has 36 heavy (non-hydrogen) atoms. The van der Waals surface area contributed by atoms with Crippen molar-refractivity contribution in [1.82, 2.24) is 24.1 Å². The van der Waals surface area contributed by atoms with E-state index >= 15 is 0 Å². The van der Waals surface area contributed by atoms with Crippen molar-refractivity contribution >= 4 is 28.4 Å². The molecule has 3 aromatic heterocycles. The van der Waals surface area contributed by atoms with Crippen LogP contribution in [0.5, 0.6) is 0 Å². The minimum Gasteiger partial charge on any atom is -0.444 e. The predicted molar refractivity (Wildman–Crippen MR) is 142 cm³/mol. The van der Waals surface area contributed by atoms with E-state index in [2.05, 4.69) is 36.2 Å². The van der Waals surface area contributed by atoms with Gasteiger partial charge in [0.2, 0.25) is 11.7 Å². The van der Waals surface area contributed by atoms with Crippen LogP contribution in [0.2, 0.25) is 0 Å². The zero-order valence-corrected chi connectivity index (χ0v) is 20.9. The van der Waals surface area contributed by atoms with Crippen molar-refractivity contribution in [3.05, 3.63) is 106 Å². The minimum atomic E-state index is -0.119. The number of benzene rings is 3. The Bertz CT molecular complexity index is 1810. The highest BCUT2D eigenvalue weighted by Gasteiger charge is 2.19. The molecule has 0 amide bonds. The molecular weight excluding hydrogens is 470 g/mol. The zero-order valence-electron chi connectivity index (χ0n) is 20.1. The van der Waals surface area contributed by atoms with Crippen LogP contribution in [0.15, 0.2) is 87.4 Å². The maximum absolute atomic E-state index is 13.5. The summed E-state index contributed by atoms with van der Waals surface area (Å²) >= 11 is 1.51. The first-order chi connectivity index (χ1) is 17.5. The summed E-state index contributed by atoms with van der Waals surface area (Å²) in [5.74, 6) is 1.63. The highest BCUT2D eigenvalue weighted by atomic mass is 32.2. The number of aromatic nitrogens is 5. The van der Waals surface area contributed by atoms with Gasteiger partial charge in [0.25, 0.3) is 5.56 Å². The van der Waals surface area contributed by atoms with Crippen molar-refractivity contribution in [2.24, 2.45) is 0 Å². The number of aryl methyl sites for hydroxylation is 3. The van der Waals surface area contributed by atoms with Crippen molar-refractivity contribution in [2.45, 2.75) is 31.7 Å². The molecule has 0 saturated heterocycles. The Balaban J connectivity index is 1.41. The molecule has 0 saturated carbocycles. The fraction of sp³-hybridized carbons (Fsp3) is 0.143. The third-order valence-corrected chi connectivity index (χ3v) is 7.23. The Morgan fingerprint density at radius 1 is 0.917 bits per heavy atom. The van der Waals surface area contributed by atoms with Crippen molar-refractivity contribution in [3.63, 3.8) is 0 Å². The first-order valence-electron chi connectivity index (χ1n) is 11.6. The van der Waals surface area contributed by atoms with Crippen LogP contribution in [-0.2, 0) is 5.75 Å². The van der Waals surface area contributed by atoms with E-state index in [1.165, 1.54) is 17.3 Å². The Morgan fingerprint density at radius 3 is 2.56 bits per heavy atom. The fourth-order valence-corrected chi connectivity index (χ4v) is 5.31. The lowest BCUT2D eigenvalue weighted by Crippen LogP contribution is -2.22. The van der Waals surface area contributed by atoms with Gasteiger partial charge in [-0.3, -0.25) is 9.20 Å². The van der Waals surface area contributed by atoms with Crippen LogP contribution in [0, 0.1) is 20.8 Å². The summed E-state index contributed by atoms with van der Waals surface area (Å²) in [7, 11) is 0. The van der Waals surface area contributed by atoms with Crippen LogP contribution in [0.4, 0.5) is 0 Å². The van der Waals surface area contributed by atoms with E-state index in [0.717, 1.165) is 33.6 Å². The second kappa shape index (κ2) is 8.80. The molecule has 0 aliphatic carbocycles. The molecule has 0 bridgehead atoms. The molecule has 0 aliphatic rings. The SMILES string of the molecule is Cc1ccc(-c2nc(CSc3nnc4n(-c5ccccc5C)c(=O)c5ccccc5n34)co2)c(C)c1. The average Bonchev–Trinajstić information content (AvgIpc) is 3.51. The van der Waals surface area contributed by atoms with Gasteiger partial charge < -0.3 is 4.42 Å². The number of thioether (sulfide) groups is 1. The van der Waals surface area contributed by atoms with Gasteiger partial charge in [-0.2, -0.15) is 0 Å². The Kier molecular flexibility index (Phi) is 5.45. The molecule has 0 radical (unpaired) electrons. The lowest BCUT2D eigenvalue weighted by atomic mass is 10.1. The summed E-state index contributed by atoms with van der Waals surface area (Å²) in [6, 6.07) is 21.6. The standard InChI is InChI=1S/C28H23N5O2S/c1-17-12-13-21(19(3)14-17)25-29-20(15-35-25)16-36-28-31-30-27-32(23-10-6-4-8-18(23)2)26(34)22-9-5-7-11-24(22)33(27)28/h4-15H,16H2,1-3H3. The molecule has 0 unspecified atom stereocenters. The van der Waals surface area contributed by atoms with Gasteiger partial charge in [-0.15, -0.1) is 10.2 Å². The number of oxazole rings is 1. The van der Waals surface area contributed by atoms with Gasteiger partial charge in [-0.25, -0.2) is 9.55 Å². The van der Waals surface area contributed by atoms with Crippen LogP contribution in [0.1, 0.15) is 22.4 Å². The third-order valence-electron chi connectivity index (χ3n) is 6.26. The number of hydrogen-bond donors (Lipinski definition) is 0. The van der Waals surface area contributed by atoms with Gasteiger partial charge in [0, 0.05) is 11.3 Å². The van der Waals surface area contributed by atoms with E-state index in [-0.39, 0.29) is 5.56 Å². The molecule has 7 nitrogen and oxygen atoms in total. The summed E-state index contributed by atoms with van der Waals surface area (Å²) in [6.07, 6.45) is 1.69. The Morgan fingerprint density at radius 2 is 1.72 bits per heavy atom. The Hall–Kier alpha value is -4.17. The van der Waals surface area contributed by atoms with Gasteiger partial charge in [0.05, 0.1) is 22.3 Å². The van der Waals surface area contributed by atoms with Crippen LogP contribution < -0.4 is 5.56 Å². The van der Waals surface area contributed by atoms with Gasteiger partial charge in [-0.1, -0.05) is 59.8 Å². The highest BCUT2D eigenvalue weighted by molar-refractivity contribution is 7.98. The molecule has 6 aromatic rings. The van der Waals surface area contributed by atoms with Crippen LogP contribution >= 0.6 is 11.8 Å². The normalized spacial score (nSPS) is 11.5. The Labute approximate surface area is 211 Å². The predicted octanol–water partition coefficient (Wildman–Crippen LogP) is 5.91. The maximum Gasteiger partial charge on any atom is 0.267 e. The molecule has 0 spiro atoms. The van der Waals surface area contributed by atoms with Crippen molar-refractivity contribution in [3.8, 4) is 17.1 Å². The van der Waals surface area contributed by atoms with Gasteiger partial charge in [-0.05, 0) is 56.2 Å². The number of hydrogen-bond acceptors (Lipinski definition) is 6. The molecule has 0 N–H and O–H groups in total. The molecule has 8 heteroatoms. The maximum atomic E-state index is 13.5. The topological polar surface area (TPSA) is 78.2 Å². The smallest absolute Gasteiger partial charge is 0.267 e. The van der Waals surface area contributed by atoms with E-state index in [1.54, 1.807) is 10.8 Å². The summed E-state index contributed by atoms with van der Waals surface area (Å²) in [6.45, 7) is 6.11. The second-order valence-electron chi connectivity index (χ2n) is 8.81. The second-order valence-corrected chi connectivity index (χ2v) is 9.76. The van der Waals surface area contributed by atoms with Crippen molar-refractivity contribution in [1.29, 1.82) is 0 Å². The van der Waals surface area contributed by atoms with E-state index in [9.17, 15) is 4.79 Å².